The lowest BCUT2D eigenvalue weighted by atomic mass is 9.98. The summed E-state index contributed by atoms with van der Waals surface area (Å²) in [5.41, 5.74) is 0.308. The molecule has 0 saturated carbocycles. The quantitative estimate of drug-likeness (QED) is 0.128. The van der Waals surface area contributed by atoms with E-state index >= 15 is 0 Å². The predicted molar refractivity (Wildman–Crippen MR) is 174 cm³/mol. The molecule has 0 spiro atoms. The van der Waals surface area contributed by atoms with Gasteiger partial charge >= 0.3 is 24.2 Å². The fraction of sp³-hybridized carbons (Fsp3) is 0.333. The molecule has 3 heterocycles. The summed E-state index contributed by atoms with van der Waals surface area (Å²) in [7, 11) is 0. The van der Waals surface area contributed by atoms with E-state index in [9.17, 15) is 31.5 Å². The summed E-state index contributed by atoms with van der Waals surface area (Å²) < 4.78 is 86.8. The molecule has 50 heavy (non-hydrogen) atoms. The van der Waals surface area contributed by atoms with Crippen molar-refractivity contribution in [1.29, 1.82) is 0 Å². The molecule has 2 aromatic heterocycles. The van der Waals surface area contributed by atoms with Gasteiger partial charge in [-0.15, -0.1) is 0 Å². The molecule has 4 aromatic rings. The number of hydrogen-bond acceptors (Lipinski definition) is 7. The van der Waals surface area contributed by atoms with Crippen LogP contribution in [0.3, 0.4) is 0 Å². The zero-order valence-electron chi connectivity index (χ0n) is 27.8. The number of nitrogens with zero attached hydrogens (tertiary/aromatic N) is 4. The maximum atomic E-state index is 14.8. The lowest BCUT2D eigenvalue weighted by Crippen LogP contribution is -2.39. The summed E-state index contributed by atoms with van der Waals surface area (Å²) in [5.74, 6) is -6.82. The number of para-hydroxylation sites is 1. The number of amides is 1. The first-order chi connectivity index (χ1) is 23.6. The number of carbonyl (C=O) groups is 2. The van der Waals surface area contributed by atoms with Crippen molar-refractivity contribution >= 4 is 17.6 Å². The summed E-state index contributed by atoms with van der Waals surface area (Å²) in [4.78, 5) is 30.7. The number of benzene rings is 2. The average molecular weight is 699 g/mol. The van der Waals surface area contributed by atoms with Gasteiger partial charge in [-0.25, -0.2) is 19.3 Å². The first-order valence-electron chi connectivity index (χ1n) is 15.7. The van der Waals surface area contributed by atoms with E-state index in [1.54, 1.807) is 35.2 Å². The standard InChI is InChI=1S/C36H35F5N4O5/c1-5-48-32(46)27-21-42-45(31(27)35(37,38)36(39,40)41)30-12-8-10-28(43-30)26-9-6-7-11-29(26)49-22-23-13-15-24(16-14-23)25-17-19-44(20-18-25)33(47)50-34(2,3)4/h6-17,21H,5,18-20,22H2,1-4H3. The molecular formula is C36H35F5N4O5. The van der Waals surface area contributed by atoms with Crippen LogP contribution in [0.2, 0.25) is 0 Å². The second-order valence-corrected chi connectivity index (χ2v) is 12.4. The van der Waals surface area contributed by atoms with Gasteiger partial charge in [0.2, 0.25) is 0 Å². The van der Waals surface area contributed by atoms with Crippen LogP contribution in [0.4, 0.5) is 26.7 Å². The van der Waals surface area contributed by atoms with Crippen LogP contribution in [0, 0.1) is 0 Å². The lowest BCUT2D eigenvalue weighted by molar-refractivity contribution is -0.291. The van der Waals surface area contributed by atoms with Crippen molar-refractivity contribution in [3.63, 3.8) is 0 Å². The van der Waals surface area contributed by atoms with Crippen molar-refractivity contribution in [2.45, 2.75) is 58.4 Å². The molecule has 14 heteroatoms. The highest BCUT2D eigenvalue weighted by molar-refractivity contribution is 5.91. The van der Waals surface area contributed by atoms with Crippen molar-refractivity contribution < 1.29 is 45.8 Å². The highest BCUT2D eigenvalue weighted by atomic mass is 19.4. The first kappa shape index (κ1) is 36.0. The highest BCUT2D eigenvalue weighted by Crippen LogP contribution is 2.46. The monoisotopic (exact) mass is 698 g/mol. The van der Waals surface area contributed by atoms with Gasteiger partial charge in [0.05, 0.1) is 18.5 Å². The minimum Gasteiger partial charge on any atom is -0.488 e. The minimum absolute atomic E-state index is 0.159. The van der Waals surface area contributed by atoms with Crippen LogP contribution in [0.25, 0.3) is 22.6 Å². The number of hydrogen-bond donors (Lipinski definition) is 0. The van der Waals surface area contributed by atoms with Gasteiger partial charge < -0.3 is 19.1 Å². The molecule has 0 aliphatic carbocycles. The SMILES string of the molecule is CCOC(=O)c1cnn(-c2cccc(-c3ccccc3OCc3ccc(C4=CCN(C(=O)OC(C)(C)C)CC4)cc3)n2)c1C(F)(F)C(F)(F)F. The molecule has 0 radical (unpaired) electrons. The second-order valence-electron chi connectivity index (χ2n) is 12.4. The van der Waals surface area contributed by atoms with Crippen LogP contribution in [0.5, 0.6) is 5.75 Å². The molecule has 0 fully saturated rings. The van der Waals surface area contributed by atoms with Gasteiger partial charge in [-0.2, -0.15) is 27.1 Å². The number of carbonyl (C=O) groups excluding carboxylic acids is 2. The smallest absolute Gasteiger partial charge is 0.459 e. The number of ether oxygens (including phenoxy) is 3. The largest absolute Gasteiger partial charge is 0.488 e. The van der Waals surface area contributed by atoms with E-state index in [1.165, 1.54) is 19.1 Å². The lowest BCUT2D eigenvalue weighted by Gasteiger charge is -2.29. The third kappa shape index (κ3) is 7.95. The Hall–Kier alpha value is -5.27. The van der Waals surface area contributed by atoms with Crippen LogP contribution >= 0.6 is 0 Å². The minimum atomic E-state index is -6.03. The average Bonchev–Trinajstić information content (AvgIpc) is 3.53. The maximum Gasteiger partial charge on any atom is 0.459 e. The van der Waals surface area contributed by atoms with Crippen LogP contribution in [-0.2, 0) is 22.0 Å². The molecular weight excluding hydrogens is 663 g/mol. The van der Waals surface area contributed by atoms with E-state index in [-0.39, 0.29) is 30.8 Å². The Morgan fingerprint density at radius 3 is 2.28 bits per heavy atom. The van der Waals surface area contributed by atoms with Gasteiger partial charge in [-0.1, -0.05) is 48.5 Å². The molecule has 1 aliphatic heterocycles. The molecule has 1 amide bonds. The second kappa shape index (κ2) is 14.3. The summed E-state index contributed by atoms with van der Waals surface area (Å²) in [6, 6.07) is 18.7. The summed E-state index contributed by atoms with van der Waals surface area (Å²) in [6.45, 7) is 7.77. The number of halogens is 5. The maximum absolute atomic E-state index is 14.8. The van der Waals surface area contributed by atoms with E-state index in [1.807, 2.05) is 51.1 Å². The molecule has 9 nitrogen and oxygen atoms in total. The number of esters is 1. The van der Waals surface area contributed by atoms with E-state index in [2.05, 4.69) is 10.1 Å². The Balaban J connectivity index is 1.34. The molecule has 0 saturated heterocycles. The number of rotatable bonds is 9. The van der Waals surface area contributed by atoms with Gasteiger partial charge in [0.15, 0.2) is 5.82 Å². The molecule has 1 aliphatic rings. The van der Waals surface area contributed by atoms with Crippen LogP contribution < -0.4 is 4.74 Å². The molecule has 0 bridgehead atoms. The van der Waals surface area contributed by atoms with E-state index in [4.69, 9.17) is 14.2 Å². The molecule has 0 atom stereocenters. The highest BCUT2D eigenvalue weighted by Gasteiger charge is 2.62. The fourth-order valence-corrected chi connectivity index (χ4v) is 5.21. The van der Waals surface area contributed by atoms with Crippen LogP contribution in [0.15, 0.2) is 79.0 Å². The third-order valence-electron chi connectivity index (χ3n) is 7.61. The Kier molecular flexibility index (Phi) is 10.3. The summed E-state index contributed by atoms with van der Waals surface area (Å²) in [6.07, 6.45) is -3.09. The van der Waals surface area contributed by atoms with Gasteiger partial charge in [-0.3, -0.25) is 0 Å². The van der Waals surface area contributed by atoms with Crippen LogP contribution in [0.1, 0.15) is 61.3 Å². The van der Waals surface area contributed by atoms with E-state index in [0.29, 0.717) is 41.7 Å². The van der Waals surface area contributed by atoms with Gasteiger partial charge in [0, 0.05) is 18.7 Å². The van der Waals surface area contributed by atoms with E-state index in [0.717, 1.165) is 16.7 Å². The summed E-state index contributed by atoms with van der Waals surface area (Å²) in [5, 5.41) is 3.68. The van der Waals surface area contributed by atoms with Gasteiger partial charge in [-0.05, 0) is 75.1 Å². The van der Waals surface area contributed by atoms with Crippen molar-refractivity contribution in [2.75, 3.05) is 19.7 Å². The molecule has 2 aromatic carbocycles. The van der Waals surface area contributed by atoms with Crippen LogP contribution in [-0.4, -0.2) is 63.2 Å². The Morgan fingerprint density at radius 1 is 0.920 bits per heavy atom. The van der Waals surface area contributed by atoms with E-state index < -0.39 is 34.9 Å². The normalized spacial score (nSPS) is 13.9. The summed E-state index contributed by atoms with van der Waals surface area (Å²) >= 11 is 0. The Bertz CT molecular complexity index is 1880. The van der Waals surface area contributed by atoms with Gasteiger partial charge in [0.1, 0.15) is 29.2 Å². The fourth-order valence-electron chi connectivity index (χ4n) is 5.21. The van der Waals surface area contributed by atoms with Crippen molar-refractivity contribution in [1.82, 2.24) is 19.7 Å². The number of alkyl halides is 5. The first-order valence-corrected chi connectivity index (χ1v) is 15.7. The Morgan fingerprint density at radius 2 is 1.64 bits per heavy atom. The topological polar surface area (TPSA) is 95.8 Å². The zero-order chi connectivity index (χ0) is 36.3. The molecule has 0 unspecified atom stereocenters. The molecule has 5 rings (SSSR count). The van der Waals surface area contributed by atoms with Gasteiger partial charge in [0.25, 0.3) is 0 Å². The zero-order valence-corrected chi connectivity index (χ0v) is 27.8. The number of aromatic nitrogens is 3. The third-order valence-corrected chi connectivity index (χ3v) is 7.61. The molecule has 264 valence electrons. The predicted octanol–water partition coefficient (Wildman–Crippen LogP) is 8.37. The Labute approximate surface area is 285 Å². The van der Waals surface area contributed by atoms with Crippen molar-refractivity contribution in [2.24, 2.45) is 0 Å². The van der Waals surface area contributed by atoms with Crippen molar-refractivity contribution in [3.8, 4) is 22.8 Å². The van der Waals surface area contributed by atoms with Crippen molar-refractivity contribution in [3.05, 3.63) is 101 Å². The molecule has 0 N–H and O–H groups in total. The number of pyridine rings is 1.